The third-order valence-corrected chi connectivity index (χ3v) is 2.91. The van der Waals surface area contributed by atoms with Crippen molar-refractivity contribution in [2.24, 2.45) is 0 Å². The van der Waals surface area contributed by atoms with Crippen LogP contribution in [0.2, 0.25) is 0 Å². The standard InChI is InChI=1S/C7HF13O5S/c8-1(9)2(10)24-7(20,3(11,12)4(13,14)15)25-5(16,17)6(18,19)26(21,22)23/h(H,21,22,23). The Morgan fingerprint density at radius 2 is 1.19 bits per heavy atom. The first-order valence-electron chi connectivity index (χ1n) is 4.99. The molecule has 1 N–H and O–H groups in total. The van der Waals surface area contributed by atoms with Gasteiger partial charge in [-0.3, -0.25) is 4.55 Å². The van der Waals surface area contributed by atoms with E-state index in [1.54, 1.807) is 4.74 Å². The quantitative estimate of drug-likeness (QED) is 0.279. The molecule has 0 aliphatic rings. The SMILES string of the molecule is O=S(=O)(O)C(F)(F)C(F)(F)OC(F)(OC(F)=C(F)F)C(F)(F)C(F)(F)F. The zero-order valence-corrected chi connectivity index (χ0v) is 11.7. The van der Waals surface area contributed by atoms with E-state index in [0.717, 1.165) is 0 Å². The Kier molecular flexibility index (Phi) is 6.21. The van der Waals surface area contributed by atoms with Crippen molar-refractivity contribution in [2.75, 3.05) is 0 Å². The molecule has 0 rings (SSSR count). The fraction of sp³-hybridized carbons (Fsp3) is 0.714. The smallest absolute Gasteiger partial charge is 0.401 e. The molecule has 0 aromatic heterocycles. The van der Waals surface area contributed by atoms with Gasteiger partial charge in [-0.25, -0.2) is 4.74 Å². The first-order valence-corrected chi connectivity index (χ1v) is 6.43. The summed E-state index contributed by atoms with van der Waals surface area (Å²) in [5, 5.41) is -7.11. The molecule has 0 radical (unpaired) electrons. The van der Waals surface area contributed by atoms with Crippen LogP contribution < -0.4 is 0 Å². The van der Waals surface area contributed by atoms with E-state index >= 15 is 0 Å². The van der Waals surface area contributed by atoms with Gasteiger partial charge in [0.15, 0.2) is 0 Å². The Hall–Kier alpha value is -1.50. The molecule has 0 saturated heterocycles. The van der Waals surface area contributed by atoms with Crippen LogP contribution in [0.1, 0.15) is 0 Å². The molecule has 19 heteroatoms. The van der Waals surface area contributed by atoms with Gasteiger partial charge in [0, 0.05) is 0 Å². The van der Waals surface area contributed by atoms with E-state index in [2.05, 4.69) is 0 Å². The van der Waals surface area contributed by atoms with Crippen LogP contribution in [0.5, 0.6) is 0 Å². The lowest BCUT2D eigenvalue weighted by molar-refractivity contribution is -0.513. The van der Waals surface area contributed by atoms with E-state index < -0.39 is 51.7 Å². The maximum Gasteiger partial charge on any atom is 0.464 e. The minimum Gasteiger partial charge on any atom is -0.401 e. The molecule has 0 amide bonds. The van der Waals surface area contributed by atoms with Crippen LogP contribution in [-0.2, 0) is 19.6 Å². The molecule has 0 heterocycles. The van der Waals surface area contributed by atoms with Gasteiger partial charge in [-0.2, -0.15) is 65.5 Å². The number of alkyl halides is 10. The highest BCUT2D eigenvalue weighted by Gasteiger charge is 2.81. The van der Waals surface area contributed by atoms with Crippen LogP contribution in [0.25, 0.3) is 0 Å². The van der Waals surface area contributed by atoms with Crippen molar-refractivity contribution in [3.63, 3.8) is 0 Å². The Balaban J connectivity index is 6.45. The van der Waals surface area contributed by atoms with Crippen molar-refractivity contribution in [1.29, 1.82) is 0 Å². The molecule has 0 aromatic carbocycles. The second kappa shape index (κ2) is 6.59. The molecule has 5 nitrogen and oxygen atoms in total. The zero-order valence-electron chi connectivity index (χ0n) is 10.9. The minimum atomic E-state index is -7.55. The maximum absolute atomic E-state index is 13.5. The normalized spacial score (nSPS) is 16.8. The largest absolute Gasteiger partial charge is 0.464 e. The van der Waals surface area contributed by atoms with Gasteiger partial charge >= 0.3 is 51.7 Å². The lowest BCUT2D eigenvalue weighted by Gasteiger charge is -2.35. The first-order chi connectivity index (χ1) is 11.0. The topological polar surface area (TPSA) is 72.8 Å². The Morgan fingerprint density at radius 1 is 0.808 bits per heavy atom. The van der Waals surface area contributed by atoms with E-state index in [9.17, 15) is 65.5 Å². The van der Waals surface area contributed by atoms with Gasteiger partial charge in [0.1, 0.15) is 0 Å². The summed E-state index contributed by atoms with van der Waals surface area (Å²) < 4.78 is 194. The second-order valence-electron chi connectivity index (χ2n) is 3.86. The molecule has 0 bridgehead atoms. The van der Waals surface area contributed by atoms with Crippen molar-refractivity contribution in [2.45, 2.75) is 29.5 Å². The highest BCUT2D eigenvalue weighted by atomic mass is 32.2. The summed E-state index contributed by atoms with van der Waals surface area (Å²) in [5.74, 6) is -7.55. The molecule has 0 aliphatic heterocycles. The molecule has 1 atom stereocenters. The summed E-state index contributed by atoms with van der Waals surface area (Å²) >= 11 is 0. The van der Waals surface area contributed by atoms with Gasteiger partial charge in [0.2, 0.25) is 0 Å². The molecule has 0 aliphatic carbocycles. The zero-order chi connectivity index (χ0) is 21.6. The van der Waals surface area contributed by atoms with Gasteiger partial charge in [0.05, 0.1) is 0 Å². The van der Waals surface area contributed by atoms with Crippen LogP contribution in [0.15, 0.2) is 12.1 Å². The Bertz CT molecular complexity index is 663. The predicted molar refractivity (Wildman–Crippen MR) is 48.8 cm³/mol. The summed E-state index contributed by atoms with van der Waals surface area (Å²) in [4.78, 5) is 0. The number of halogens is 13. The van der Waals surface area contributed by atoms with E-state index in [1.807, 2.05) is 4.74 Å². The van der Waals surface area contributed by atoms with Crippen molar-refractivity contribution >= 4 is 10.1 Å². The van der Waals surface area contributed by atoms with Gasteiger partial charge < -0.3 is 4.74 Å². The summed E-state index contributed by atoms with van der Waals surface area (Å²) in [7, 11) is -7.37. The lowest BCUT2D eigenvalue weighted by atomic mass is 10.3. The number of rotatable bonds is 7. The van der Waals surface area contributed by atoms with E-state index in [1.165, 1.54) is 0 Å². The van der Waals surface area contributed by atoms with Crippen molar-refractivity contribution < 1.29 is 79.5 Å². The van der Waals surface area contributed by atoms with Crippen molar-refractivity contribution in [1.82, 2.24) is 0 Å². The highest BCUT2D eigenvalue weighted by Crippen LogP contribution is 2.52. The fourth-order valence-electron chi connectivity index (χ4n) is 0.847. The Morgan fingerprint density at radius 3 is 1.46 bits per heavy atom. The summed E-state index contributed by atoms with van der Waals surface area (Å²) in [6, 6.07) is -11.2. The van der Waals surface area contributed by atoms with Gasteiger partial charge in [-0.05, 0) is 0 Å². The van der Waals surface area contributed by atoms with Crippen LogP contribution >= 0.6 is 0 Å². The first kappa shape index (κ1) is 24.5. The summed E-state index contributed by atoms with van der Waals surface area (Å²) in [6.45, 7) is 0. The maximum atomic E-state index is 13.5. The van der Waals surface area contributed by atoms with E-state index in [4.69, 9.17) is 4.55 Å². The molecule has 0 fully saturated rings. The summed E-state index contributed by atoms with van der Waals surface area (Å²) in [5.41, 5.74) is 0. The van der Waals surface area contributed by atoms with Crippen molar-refractivity contribution in [3.05, 3.63) is 12.1 Å². The lowest BCUT2D eigenvalue weighted by Crippen LogP contribution is -2.62. The number of hydrogen-bond donors (Lipinski definition) is 1. The van der Waals surface area contributed by atoms with Crippen LogP contribution in [0, 0.1) is 0 Å². The monoisotopic (exact) mass is 444 g/mol. The molecule has 0 spiro atoms. The van der Waals surface area contributed by atoms with Crippen LogP contribution in [-0.4, -0.2) is 42.5 Å². The van der Waals surface area contributed by atoms with Crippen LogP contribution in [0.3, 0.4) is 0 Å². The van der Waals surface area contributed by atoms with Gasteiger partial charge in [-0.1, -0.05) is 0 Å². The molecule has 1 unspecified atom stereocenters. The summed E-state index contributed by atoms with van der Waals surface area (Å²) in [6.07, 6.45) is -18.8. The van der Waals surface area contributed by atoms with E-state index in [-0.39, 0.29) is 0 Å². The van der Waals surface area contributed by atoms with Crippen molar-refractivity contribution in [3.8, 4) is 0 Å². The van der Waals surface area contributed by atoms with Gasteiger partial charge in [0.25, 0.3) is 0 Å². The molecular formula is C7HF13O5S. The Labute approximate surface area is 132 Å². The van der Waals surface area contributed by atoms with E-state index in [0.29, 0.717) is 0 Å². The van der Waals surface area contributed by atoms with Gasteiger partial charge in [-0.15, -0.1) is 0 Å². The number of hydrogen-bond acceptors (Lipinski definition) is 4. The minimum absolute atomic E-state index is 1.64. The predicted octanol–water partition coefficient (Wildman–Crippen LogP) is 3.95. The molecule has 156 valence electrons. The molecular weight excluding hydrogens is 443 g/mol. The average molecular weight is 444 g/mol. The third kappa shape index (κ3) is 4.24. The number of ether oxygens (including phenoxy) is 2. The molecule has 0 saturated carbocycles. The average Bonchev–Trinajstić information content (AvgIpc) is 2.34. The third-order valence-electron chi connectivity index (χ3n) is 2.02. The second-order valence-corrected chi connectivity index (χ2v) is 5.32. The van der Waals surface area contributed by atoms with Crippen LogP contribution in [0.4, 0.5) is 57.1 Å². The highest BCUT2D eigenvalue weighted by molar-refractivity contribution is 7.86. The molecule has 0 aromatic rings. The molecule has 26 heavy (non-hydrogen) atoms. The fourth-order valence-corrected chi connectivity index (χ4v) is 1.19.